The second kappa shape index (κ2) is 4.98. The summed E-state index contributed by atoms with van der Waals surface area (Å²) in [6, 6.07) is 7.89. The van der Waals surface area contributed by atoms with Crippen LogP contribution in [-0.4, -0.2) is 20.2 Å². The molecule has 0 unspecified atom stereocenters. The summed E-state index contributed by atoms with van der Waals surface area (Å²) in [4.78, 5) is 4.11. The molecular formula is C14H16N2OS. The first-order chi connectivity index (χ1) is 8.48. The van der Waals surface area contributed by atoms with E-state index in [1.165, 1.54) is 0 Å². The Bertz CT molecular complexity index is 609. The fourth-order valence-corrected chi connectivity index (χ4v) is 2.04. The Morgan fingerprint density at radius 1 is 1.28 bits per heavy atom. The van der Waals surface area contributed by atoms with E-state index in [2.05, 4.69) is 9.38 Å². The number of hydrogen-bond acceptors (Lipinski definition) is 2. The van der Waals surface area contributed by atoms with E-state index in [0.717, 1.165) is 16.3 Å². The summed E-state index contributed by atoms with van der Waals surface area (Å²) in [7, 11) is -1.23. The summed E-state index contributed by atoms with van der Waals surface area (Å²) in [5, 5.41) is 2.13. The predicted molar refractivity (Wildman–Crippen MR) is 77.2 cm³/mol. The van der Waals surface area contributed by atoms with E-state index < -0.39 is 11.0 Å². The minimum absolute atomic E-state index is 0.334. The van der Waals surface area contributed by atoms with Crippen LogP contribution in [0.5, 0.6) is 0 Å². The first-order valence-corrected chi connectivity index (χ1v) is 6.88. The minimum Gasteiger partial charge on any atom is -0.264 e. The molecule has 18 heavy (non-hydrogen) atoms. The van der Waals surface area contributed by atoms with Gasteiger partial charge in [-0.15, -0.1) is 0 Å². The Labute approximate surface area is 110 Å². The van der Waals surface area contributed by atoms with Gasteiger partial charge in [0.15, 0.2) is 0 Å². The molecule has 0 bridgehead atoms. The Balaban J connectivity index is 2.38. The van der Waals surface area contributed by atoms with Gasteiger partial charge in [0.25, 0.3) is 0 Å². The van der Waals surface area contributed by atoms with Crippen LogP contribution in [0, 0.1) is 0 Å². The second-order valence-electron chi connectivity index (χ2n) is 5.04. The number of benzene rings is 1. The molecule has 94 valence electrons. The van der Waals surface area contributed by atoms with Crippen LogP contribution in [0.25, 0.3) is 10.8 Å². The van der Waals surface area contributed by atoms with E-state index in [-0.39, 0.29) is 4.75 Å². The lowest BCUT2D eigenvalue weighted by atomic mass is 10.1. The van der Waals surface area contributed by atoms with Crippen molar-refractivity contribution in [2.24, 2.45) is 4.40 Å². The third kappa shape index (κ3) is 2.82. The zero-order valence-electron chi connectivity index (χ0n) is 10.8. The van der Waals surface area contributed by atoms with Gasteiger partial charge in [-0.3, -0.25) is 4.98 Å². The highest BCUT2D eigenvalue weighted by molar-refractivity contribution is 7.85. The van der Waals surface area contributed by atoms with Crippen molar-refractivity contribution >= 4 is 28.0 Å². The molecule has 0 saturated heterocycles. The van der Waals surface area contributed by atoms with Crippen LogP contribution < -0.4 is 0 Å². The summed E-state index contributed by atoms with van der Waals surface area (Å²) >= 11 is 0. The van der Waals surface area contributed by atoms with Gasteiger partial charge in [0, 0.05) is 29.6 Å². The number of rotatable bonds is 2. The van der Waals surface area contributed by atoms with Crippen molar-refractivity contribution in [1.29, 1.82) is 0 Å². The summed E-state index contributed by atoms with van der Waals surface area (Å²) in [6.07, 6.45) is 5.23. The van der Waals surface area contributed by atoms with E-state index in [1.54, 1.807) is 18.6 Å². The predicted octanol–water partition coefficient (Wildman–Crippen LogP) is 3.12. The minimum atomic E-state index is -1.23. The van der Waals surface area contributed by atoms with Crippen LogP contribution in [-0.2, 0) is 11.0 Å². The maximum atomic E-state index is 11.9. The van der Waals surface area contributed by atoms with Gasteiger partial charge in [-0.1, -0.05) is 18.2 Å². The van der Waals surface area contributed by atoms with E-state index in [0.29, 0.717) is 0 Å². The van der Waals surface area contributed by atoms with Crippen molar-refractivity contribution in [3.05, 3.63) is 42.2 Å². The fourth-order valence-electron chi connectivity index (χ4n) is 1.51. The van der Waals surface area contributed by atoms with E-state index in [9.17, 15) is 4.21 Å². The topological polar surface area (TPSA) is 42.3 Å². The molecule has 3 nitrogen and oxygen atoms in total. The Morgan fingerprint density at radius 2 is 2.06 bits per heavy atom. The highest BCUT2D eigenvalue weighted by atomic mass is 32.2. The zero-order valence-corrected chi connectivity index (χ0v) is 11.6. The van der Waals surface area contributed by atoms with Crippen LogP contribution in [0.3, 0.4) is 0 Å². The number of hydrogen-bond donors (Lipinski definition) is 0. The molecule has 0 spiro atoms. The fraction of sp³-hybridized carbons (Fsp3) is 0.286. The van der Waals surface area contributed by atoms with Gasteiger partial charge in [-0.05, 0) is 32.2 Å². The molecule has 0 aliphatic carbocycles. The molecule has 1 aromatic heterocycles. The summed E-state index contributed by atoms with van der Waals surface area (Å²) in [5.74, 6) is 0. The molecule has 0 fully saturated rings. The van der Waals surface area contributed by atoms with Crippen molar-refractivity contribution < 1.29 is 4.21 Å². The lowest BCUT2D eigenvalue weighted by Crippen LogP contribution is -2.19. The third-order valence-corrected chi connectivity index (χ3v) is 3.87. The standard InChI is InChI=1S/C14H16N2OS/c1-14(2,3)18(17)16-9-12-6-4-5-11-7-8-15-10-13(11)12/h4-10H,1-3H3/b16-9+/t18-/m0/s1. The summed E-state index contributed by atoms with van der Waals surface area (Å²) in [5.41, 5.74) is 0.943. The summed E-state index contributed by atoms with van der Waals surface area (Å²) < 4.78 is 15.7. The first-order valence-electron chi connectivity index (χ1n) is 5.77. The largest absolute Gasteiger partial charge is 0.264 e. The van der Waals surface area contributed by atoms with Gasteiger partial charge < -0.3 is 0 Å². The monoisotopic (exact) mass is 260 g/mol. The average Bonchev–Trinajstić information content (AvgIpc) is 2.34. The highest BCUT2D eigenvalue weighted by Gasteiger charge is 2.18. The highest BCUT2D eigenvalue weighted by Crippen LogP contribution is 2.17. The number of pyridine rings is 1. The second-order valence-corrected chi connectivity index (χ2v) is 6.97. The van der Waals surface area contributed by atoms with Gasteiger partial charge in [0.1, 0.15) is 11.0 Å². The molecule has 2 rings (SSSR count). The number of nitrogens with zero attached hydrogens (tertiary/aromatic N) is 2. The van der Waals surface area contributed by atoms with Gasteiger partial charge >= 0.3 is 0 Å². The molecule has 0 saturated carbocycles. The maximum Gasteiger partial charge on any atom is 0.144 e. The van der Waals surface area contributed by atoms with Crippen molar-refractivity contribution in [2.45, 2.75) is 25.5 Å². The molecule has 0 aliphatic rings. The Morgan fingerprint density at radius 3 is 2.78 bits per heavy atom. The number of fused-ring (bicyclic) bond motifs is 1. The van der Waals surface area contributed by atoms with E-state index >= 15 is 0 Å². The lowest BCUT2D eigenvalue weighted by molar-refractivity contribution is 0.651. The van der Waals surface area contributed by atoms with Gasteiger partial charge in [0.2, 0.25) is 0 Å². The van der Waals surface area contributed by atoms with E-state index in [1.807, 2.05) is 45.0 Å². The quantitative estimate of drug-likeness (QED) is 0.779. The van der Waals surface area contributed by atoms with Crippen molar-refractivity contribution in [3.63, 3.8) is 0 Å². The zero-order chi connectivity index (χ0) is 13.2. The molecule has 0 aliphatic heterocycles. The molecule has 1 heterocycles. The van der Waals surface area contributed by atoms with Crippen LogP contribution in [0.1, 0.15) is 26.3 Å². The Hall–Kier alpha value is -1.55. The van der Waals surface area contributed by atoms with Gasteiger partial charge in [-0.25, -0.2) is 4.21 Å². The first kappa shape index (κ1) is 12.9. The van der Waals surface area contributed by atoms with Crippen molar-refractivity contribution in [2.75, 3.05) is 0 Å². The van der Waals surface area contributed by atoms with Crippen LogP contribution >= 0.6 is 0 Å². The van der Waals surface area contributed by atoms with Crippen LogP contribution in [0.2, 0.25) is 0 Å². The maximum absolute atomic E-state index is 11.9. The Kier molecular flexibility index (Phi) is 3.57. The van der Waals surface area contributed by atoms with Gasteiger partial charge in [0.05, 0.1) is 4.75 Å². The normalized spacial score (nSPS) is 14.2. The molecule has 0 radical (unpaired) electrons. The van der Waals surface area contributed by atoms with E-state index in [4.69, 9.17) is 0 Å². The van der Waals surface area contributed by atoms with Crippen LogP contribution in [0.4, 0.5) is 0 Å². The van der Waals surface area contributed by atoms with Crippen LogP contribution in [0.15, 0.2) is 41.1 Å². The molecule has 1 aromatic carbocycles. The molecule has 2 aromatic rings. The number of aromatic nitrogens is 1. The molecule has 0 N–H and O–H groups in total. The molecule has 0 amide bonds. The smallest absolute Gasteiger partial charge is 0.144 e. The van der Waals surface area contributed by atoms with Gasteiger partial charge in [-0.2, -0.15) is 4.40 Å². The molecular weight excluding hydrogens is 244 g/mol. The van der Waals surface area contributed by atoms with Crippen molar-refractivity contribution in [3.8, 4) is 0 Å². The summed E-state index contributed by atoms with van der Waals surface area (Å²) in [6.45, 7) is 5.72. The molecule has 1 atom stereocenters. The average molecular weight is 260 g/mol. The SMILES string of the molecule is CC(C)(C)[S@](=O)/N=C/c1cccc2ccncc12. The third-order valence-electron chi connectivity index (χ3n) is 2.53. The van der Waals surface area contributed by atoms with Crippen molar-refractivity contribution in [1.82, 2.24) is 4.98 Å². The lowest BCUT2D eigenvalue weighted by Gasteiger charge is -2.12. The molecule has 4 heteroatoms.